The first-order valence-electron chi connectivity index (χ1n) is 3.31. The molecule has 0 saturated carbocycles. The first kappa shape index (κ1) is 10.0. The Morgan fingerprint density at radius 3 is 2.31 bits per heavy atom. The normalized spacial score (nSPS) is 11.5. The van der Waals surface area contributed by atoms with Crippen molar-refractivity contribution in [2.75, 3.05) is 0 Å². The van der Waals surface area contributed by atoms with Crippen molar-refractivity contribution >= 4 is 12.7 Å². The van der Waals surface area contributed by atoms with Crippen molar-refractivity contribution in [2.45, 2.75) is 6.18 Å². The lowest BCUT2D eigenvalue weighted by Gasteiger charge is -2.10. The molecule has 1 rings (SSSR count). The van der Waals surface area contributed by atoms with Gasteiger partial charge in [-0.3, -0.25) is 4.98 Å². The van der Waals surface area contributed by atoms with Gasteiger partial charge >= 0.3 is 13.3 Å². The molecular formula is C6H5BF3NO2. The van der Waals surface area contributed by atoms with Gasteiger partial charge in [0.2, 0.25) is 0 Å². The van der Waals surface area contributed by atoms with E-state index in [4.69, 9.17) is 10.0 Å². The maximum Gasteiger partial charge on any atom is 0.508 e. The second-order valence-electron chi connectivity index (χ2n) is 2.31. The fraction of sp³-hybridized carbons (Fsp3) is 0.167. The first-order valence-corrected chi connectivity index (χ1v) is 3.31. The van der Waals surface area contributed by atoms with Crippen LogP contribution in [0, 0.1) is 0 Å². The number of nitrogens with zero attached hydrogens (tertiary/aromatic N) is 1. The molecule has 13 heavy (non-hydrogen) atoms. The van der Waals surface area contributed by atoms with Crippen molar-refractivity contribution in [3.05, 3.63) is 23.9 Å². The number of rotatable bonds is 1. The smallest absolute Gasteiger partial charge is 0.422 e. The summed E-state index contributed by atoms with van der Waals surface area (Å²) in [6.45, 7) is 0. The molecule has 0 aliphatic carbocycles. The van der Waals surface area contributed by atoms with E-state index in [0.29, 0.717) is 0 Å². The Hall–Kier alpha value is -1.08. The number of hydrogen-bond donors (Lipinski definition) is 2. The Labute approximate surface area is 72.0 Å². The molecule has 1 aromatic heterocycles. The fourth-order valence-electron chi connectivity index (χ4n) is 0.863. The molecule has 0 atom stereocenters. The summed E-state index contributed by atoms with van der Waals surface area (Å²) in [7, 11) is -2.21. The van der Waals surface area contributed by atoms with Crippen LogP contribution >= 0.6 is 0 Å². The van der Waals surface area contributed by atoms with Gasteiger partial charge < -0.3 is 10.0 Å². The highest BCUT2D eigenvalue weighted by atomic mass is 19.4. The summed E-state index contributed by atoms with van der Waals surface area (Å²) >= 11 is 0. The Bertz CT molecular complexity index is 302. The van der Waals surface area contributed by atoms with Gasteiger partial charge in [0.1, 0.15) is 0 Å². The summed E-state index contributed by atoms with van der Waals surface area (Å²) in [5, 5.41) is 17.1. The SMILES string of the molecule is OB(O)c1ncccc1C(F)(F)F. The van der Waals surface area contributed by atoms with E-state index in [0.717, 1.165) is 18.3 Å². The summed E-state index contributed by atoms with van der Waals surface area (Å²) in [4.78, 5) is 3.22. The maximum atomic E-state index is 12.1. The lowest BCUT2D eigenvalue weighted by atomic mass is 9.82. The van der Waals surface area contributed by atoms with Crippen LogP contribution in [0.4, 0.5) is 13.2 Å². The zero-order valence-corrected chi connectivity index (χ0v) is 6.28. The van der Waals surface area contributed by atoms with Crippen LogP contribution in [0.1, 0.15) is 5.56 Å². The lowest BCUT2D eigenvalue weighted by molar-refractivity contribution is -0.137. The highest BCUT2D eigenvalue weighted by Crippen LogP contribution is 2.27. The minimum atomic E-state index is -4.62. The molecule has 1 heterocycles. The molecule has 0 amide bonds. The van der Waals surface area contributed by atoms with Crippen molar-refractivity contribution in [3.63, 3.8) is 0 Å². The van der Waals surface area contributed by atoms with Gasteiger partial charge in [-0.05, 0) is 12.1 Å². The van der Waals surface area contributed by atoms with Gasteiger partial charge in [-0.25, -0.2) is 0 Å². The molecule has 0 unspecified atom stereocenters. The molecule has 70 valence electrons. The highest BCUT2D eigenvalue weighted by Gasteiger charge is 2.36. The third-order valence-corrected chi connectivity index (χ3v) is 1.39. The van der Waals surface area contributed by atoms with Gasteiger partial charge in [0, 0.05) is 6.20 Å². The molecular weight excluding hydrogens is 186 g/mol. The highest BCUT2D eigenvalue weighted by molar-refractivity contribution is 6.58. The van der Waals surface area contributed by atoms with Crippen LogP contribution in [0.5, 0.6) is 0 Å². The Balaban J connectivity index is 3.20. The Morgan fingerprint density at radius 1 is 1.31 bits per heavy atom. The summed E-state index contributed by atoms with van der Waals surface area (Å²) in [6.07, 6.45) is -3.56. The van der Waals surface area contributed by atoms with Gasteiger partial charge in [0.15, 0.2) is 0 Å². The fourth-order valence-corrected chi connectivity index (χ4v) is 0.863. The monoisotopic (exact) mass is 191 g/mol. The third kappa shape index (κ3) is 2.19. The van der Waals surface area contributed by atoms with Crippen molar-refractivity contribution < 1.29 is 23.2 Å². The molecule has 0 aliphatic heterocycles. The minimum Gasteiger partial charge on any atom is -0.422 e. The van der Waals surface area contributed by atoms with E-state index < -0.39 is 24.5 Å². The van der Waals surface area contributed by atoms with Crippen LogP contribution in [0.25, 0.3) is 0 Å². The quantitative estimate of drug-likeness (QED) is 0.603. The molecule has 0 spiro atoms. The zero-order chi connectivity index (χ0) is 10.1. The lowest BCUT2D eigenvalue weighted by Crippen LogP contribution is -2.38. The number of pyridine rings is 1. The first-order chi connectivity index (χ1) is 5.93. The van der Waals surface area contributed by atoms with E-state index in [1.54, 1.807) is 0 Å². The molecule has 0 bridgehead atoms. The number of hydrogen-bond acceptors (Lipinski definition) is 3. The summed E-state index contributed by atoms with van der Waals surface area (Å²) in [5.74, 6) is 0. The largest absolute Gasteiger partial charge is 0.508 e. The van der Waals surface area contributed by atoms with Gasteiger partial charge in [0.05, 0.1) is 11.2 Å². The minimum absolute atomic E-state index is 0.738. The van der Waals surface area contributed by atoms with Crippen LogP contribution in [0.2, 0.25) is 0 Å². The molecule has 0 radical (unpaired) electrons. The van der Waals surface area contributed by atoms with Crippen LogP contribution in [0.3, 0.4) is 0 Å². The topological polar surface area (TPSA) is 53.4 Å². The van der Waals surface area contributed by atoms with Crippen LogP contribution in [0.15, 0.2) is 18.3 Å². The van der Waals surface area contributed by atoms with Gasteiger partial charge in [-0.1, -0.05) is 0 Å². The molecule has 7 heteroatoms. The van der Waals surface area contributed by atoms with Crippen molar-refractivity contribution in [2.24, 2.45) is 0 Å². The molecule has 3 nitrogen and oxygen atoms in total. The molecule has 0 fully saturated rings. The Morgan fingerprint density at radius 2 is 1.92 bits per heavy atom. The Kier molecular flexibility index (Phi) is 2.58. The number of aromatic nitrogens is 1. The molecule has 1 aromatic rings. The van der Waals surface area contributed by atoms with Crippen LogP contribution in [-0.2, 0) is 6.18 Å². The molecule has 2 N–H and O–H groups in total. The second kappa shape index (κ2) is 3.35. The predicted molar refractivity (Wildman–Crippen MR) is 39.1 cm³/mol. The average Bonchev–Trinajstić information content (AvgIpc) is 2.03. The molecule has 0 saturated heterocycles. The van der Waals surface area contributed by atoms with Gasteiger partial charge in [0.25, 0.3) is 0 Å². The standard InChI is InChI=1S/C6H5BF3NO2/c8-6(9,10)4-2-1-3-11-5(4)7(12)13/h1-3,12-13H. The van der Waals surface area contributed by atoms with E-state index in [1.807, 2.05) is 0 Å². The van der Waals surface area contributed by atoms with E-state index in [2.05, 4.69) is 4.98 Å². The molecule has 0 aliphatic rings. The average molecular weight is 191 g/mol. The van der Waals surface area contributed by atoms with E-state index in [-0.39, 0.29) is 0 Å². The second-order valence-corrected chi connectivity index (χ2v) is 2.31. The number of alkyl halides is 3. The molecule has 0 aromatic carbocycles. The van der Waals surface area contributed by atoms with Crippen molar-refractivity contribution in [1.29, 1.82) is 0 Å². The van der Waals surface area contributed by atoms with E-state index >= 15 is 0 Å². The van der Waals surface area contributed by atoms with Crippen LogP contribution < -0.4 is 5.59 Å². The summed E-state index contributed by atoms with van der Waals surface area (Å²) < 4.78 is 36.4. The summed E-state index contributed by atoms with van der Waals surface area (Å²) in [6, 6.07) is 1.82. The van der Waals surface area contributed by atoms with Crippen molar-refractivity contribution in [1.82, 2.24) is 4.98 Å². The maximum absolute atomic E-state index is 12.1. The summed E-state index contributed by atoms with van der Waals surface area (Å²) in [5.41, 5.74) is -1.92. The van der Waals surface area contributed by atoms with Crippen molar-refractivity contribution in [3.8, 4) is 0 Å². The van der Waals surface area contributed by atoms with E-state index in [1.165, 1.54) is 0 Å². The third-order valence-electron chi connectivity index (χ3n) is 1.39. The zero-order valence-electron chi connectivity index (χ0n) is 6.28. The number of halogens is 3. The van der Waals surface area contributed by atoms with Crippen LogP contribution in [-0.4, -0.2) is 22.2 Å². The van der Waals surface area contributed by atoms with Gasteiger partial charge in [-0.2, -0.15) is 13.2 Å². The van der Waals surface area contributed by atoms with Gasteiger partial charge in [-0.15, -0.1) is 0 Å². The predicted octanol–water partition coefficient (Wildman–Crippen LogP) is -0.220. The van der Waals surface area contributed by atoms with E-state index in [9.17, 15) is 13.2 Å².